The highest BCUT2D eigenvalue weighted by Gasteiger charge is 2.06. The third-order valence-corrected chi connectivity index (χ3v) is 2.93. The predicted molar refractivity (Wildman–Crippen MR) is 77.0 cm³/mol. The van der Waals surface area contributed by atoms with Crippen molar-refractivity contribution in [2.45, 2.75) is 25.8 Å². The molecule has 0 spiro atoms. The summed E-state index contributed by atoms with van der Waals surface area (Å²) in [4.78, 5) is 0. The van der Waals surface area contributed by atoms with Crippen molar-refractivity contribution >= 4 is 27.5 Å². The molecule has 0 aliphatic rings. The molecule has 0 saturated carbocycles. The molecule has 2 nitrogen and oxygen atoms in total. The van der Waals surface area contributed by atoms with Gasteiger partial charge < -0.3 is 10.5 Å². The SMILES string of the molecule is C=C(Br)COc1ccc(CC(N)CC)cc1Cl. The van der Waals surface area contributed by atoms with Crippen molar-refractivity contribution in [2.75, 3.05) is 6.61 Å². The lowest BCUT2D eigenvalue weighted by Gasteiger charge is -2.11. The molecule has 0 bridgehead atoms. The number of ether oxygens (including phenoxy) is 1. The average molecular weight is 319 g/mol. The molecule has 0 fully saturated rings. The van der Waals surface area contributed by atoms with E-state index in [9.17, 15) is 0 Å². The minimum Gasteiger partial charge on any atom is -0.487 e. The molecule has 17 heavy (non-hydrogen) atoms. The maximum absolute atomic E-state index is 6.13. The molecule has 0 aromatic heterocycles. The van der Waals surface area contributed by atoms with Gasteiger partial charge in [0.15, 0.2) is 0 Å². The summed E-state index contributed by atoms with van der Waals surface area (Å²) in [7, 11) is 0. The van der Waals surface area contributed by atoms with Crippen LogP contribution in [0.4, 0.5) is 0 Å². The summed E-state index contributed by atoms with van der Waals surface area (Å²) in [6.45, 7) is 6.18. The molecule has 1 atom stereocenters. The van der Waals surface area contributed by atoms with Gasteiger partial charge in [-0.1, -0.05) is 47.1 Å². The van der Waals surface area contributed by atoms with Crippen molar-refractivity contribution < 1.29 is 4.74 Å². The zero-order valence-electron chi connectivity index (χ0n) is 9.88. The van der Waals surface area contributed by atoms with Gasteiger partial charge in [0.1, 0.15) is 12.4 Å². The molecule has 2 N–H and O–H groups in total. The van der Waals surface area contributed by atoms with Crippen LogP contribution in [0.1, 0.15) is 18.9 Å². The van der Waals surface area contributed by atoms with Gasteiger partial charge in [-0.3, -0.25) is 0 Å². The third-order valence-electron chi connectivity index (χ3n) is 2.40. The van der Waals surface area contributed by atoms with Crippen molar-refractivity contribution in [1.29, 1.82) is 0 Å². The van der Waals surface area contributed by atoms with Crippen LogP contribution in [0.3, 0.4) is 0 Å². The maximum atomic E-state index is 6.13. The fourth-order valence-electron chi connectivity index (χ4n) is 1.39. The lowest BCUT2D eigenvalue weighted by atomic mass is 10.0. The monoisotopic (exact) mass is 317 g/mol. The average Bonchev–Trinajstić information content (AvgIpc) is 2.27. The van der Waals surface area contributed by atoms with Crippen LogP contribution >= 0.6 is 27.5 Å². The van der Waals surface area contributed by atoms with E-state index in [0.29, 0.717) is 17.4 Å². The van der Waals surface area contributed by atoms with E-state index in [4.69, 9.17) is 22.1 Å². The summed E-state index contributed by atoms with van der Waals surface area (Å²) < 4.78 is 6.26. The summed E-state index contributed by atoms with van der Waals surface area (Å²) in [5, 5.41) is 0.611. The van der Waals surface area contributed by atoms with Crippen LogP contribution in [0.25, 0.3) is 0 Å². The van der Waals surface area contributed by atoms with Crippen LogP contribution in [0, 0.1) is 0 Å². The first-order valence-corrected chi connectivity index (χ1v) is 6.70. The smallest absolute Gasteiger partial charge is 0.138 e. The molecule has 1 rings (SSSR count). The molecule has 0 amide bonds. The summed E-state index contributed by atoms with van der Waals surface area (Å²) >= 11 is 9.36. The van der Waals surface area contributed by atoms with Crippen molar-refractivity contribution in [1.82, 2.24) is 0 Å². The molecule has 0 radical (unpaired) electrons. The van der Waals surface area contributed by atoms with Gasteiger partial charge in [-0.2, -0.15) is 0 Å². The third kappa shape index (κ3) is 5.11. The van der Waals surface area contributed by atoms with Crippen molar-refractivity contribution in [3.8, 4) is 5.75 Å². The van der Waals surface area contributed by atoms with Gasteiger partial charge in [-0.05, 0) is 30.5 Å². The zero-order chi connectivity index (χ0) is 12.8. The van der Waals surface area contributed by atoms with Crippen LogP contribution in [-0.4, -0.2) is 12.6 Å². The highest BCUT2D eigenvalue weighted by molar-refractivity contribution is 9.11. The van der Waals surface area contributed by atoms with Crippen molar-refractivity contribution in [2.24, 2.45) is 5.73 Å². The Bertz CT molecular complexity index is 395. The first kappa shape index (κ1) is 14.6. The van der Waals surface area contributed by atoms with Crippen molar-refractivity contribution in [3.05, 3.63) is 39.8 Å². The molecule has 0 heterocycles. The molecule has 0 aliphatic carbocycles. The molecule has 1 unspecified atom stereocenters. The quantitative estimate of drug-likeness (QED) is 0.863. The Morgan fingerprint density at radius 3 is 2.82 bits per heavy atom. The lowest BCUT2D eigenvalue weighted by Crippen LogP contribution is -2.21. The molecule has 0 saturated heterocycles. The molecule has 94 valence electrons. The first-order valence-electron chi connectivity index (χ1n) is 5.53. The Labute approximate surface area is 116 Å². The lowest BCUT2D eigenvalue weighted by molar-refractivity contribution is 0.361. The van der Waals surface area contributed by atoms with Gasteiger partial charge in [-0.25, -0.2) is 0 Å². The van der Waals surface area contributed by atoms with E-state index < -0.39 is 0 Å². The zero-order valence-corrected chi connectivity index (χ0v) is 12.2. The molecule has 0 aliphatic heterocycles. The highest BCUT2D eigenvalue weighted by Crippen LogP contribution is 2.26. The summed E-state index contributed by atoms with van der Waals surface area (Å²) in [6.07, 6.45) is 1.79. The van der Waals surface area contributed by atoms with E-state index in [1.165, 1.54) is 0 Å². The van der Waals surface area contributed by atoms with Gasteiger partial charge in [-0.15, -0.1) is 0 Å². The topological polar surface area (TPSA) is 35.2 Å². The largest absolute Gasteiger partial charge is 0.487 e. The Balaban J connectivity index is 2.68. The fraction of sp³-hybridized carbons (Fsp3) is 0.385. The molecule has 1 aromatic rings. The van der Waals surface area contributed by atoms with Gasteiger partial charge in [0.2, 0.25) is 0 Å². The number of halogens is 2. The maximum Gasteiger partial charge on any atom is 0.138 e. The minimum atomic E-state index is 0.181. The second-order valence-corrected chi connectivity index (χ2v) is 5.47. The van der Waals surface area contributed by atoms with Gasteiger partial charge in [0.25, 0.3) is 0 Å². The fourth-order valence-corrected chi connectivity index (χ4v) is 1.76. The minimum absolute atomic E-state index is 0.181. The second kappa shape index (κ2) is 7.04. The van der Waals surface area contributed by atoms with E-state index in [2.05, 4.69) is 29.4 Å². The normalized spacial score (nSPS) is 12.2. The second-order valence-electron chi connectivity index (χ2n) is 3.94. The summed E-state index contributed by atoms with van der Waals surface area (Å²) in [5.41, 5.74) is 7.03. The van der Waals surface area contributed by atoms with Gasteiger partial charge in [0.05, 0.1) is 5.02 Å². The van der Waals surface area contributed by atoms with E-state index in [1.807, 2.05) is 18.2 Å². The van der Waals surface area contributed by atoms with E-state index in [-0.39, 0.29) is 6.04 Å². The number of hydrogen-bond acceptors (Lipinski definition) is 2. The number of benzene rings is 1. The standard InChI is InChI=1S/C13H17BrClNO/c1-3-11(16)6-10-4-5-13(12(15)7-10)17-8-9(2)14/h4-5,7,11H,2-3,6,8,16H2,1H3. The Kier molecular flexibility index (Phi) is 6.03. The van der Waals surface area contributed by atoms with E-state index in [0.717, 1.165) is 22.9 Å². The summed E-state index contributed by atoms with van der Waals surface area (Å²) in [5.74, 6) is 0.668. The Hall–Kier alpha value is -0.510. The van der Waals surface area contributed by atoms with Crippen LogP contribution in [-0.2, 0) is 6.42 Å². The Morgan fingerprint density at radius 1 is 1.59 bits per heavy atom. The van der Waals surface area contributed by atoms with Crippen LogP contribution in [0.5, 0.6) is 5.75 Å². The van der Waals surface area contributed by atoms with E-state index in [1.54, 1.807) is 0 Å². The van der Waals surface area contributed by atoms with Crippen LogP contribution in [0.2, 0.25) is 5.02 Å². The Morgan fingerprint density at radius 2 is 2.29 bits per heavy atom. The molecular weight excluding hydrogens is 302 g/mol. The molecule has 1 aromatic carbocycles. The van der Waals surface area contributed by atoms with Crippen LogP contribution < -0.4 is 10.5 Å². The summed E-state index contributed by atoms with van der Waals surface area (Å²) in [6, 6.07) is 5.95. The van der Waals surface area contributed by atoms with Gasteiger partial charge >= 0.3 is 0 Å². The predicted octanol–water partition coefficient (Wildman–Crippen LogP) is 3.91. The molecule has 4 heteroatoms. The molecular formula is C13H17BrClNO. The van der Waals surface area contributed by atoms with Crippen molar-refractivity contribution in [3.63, 3.8) is 0 Å². The highest BCUT2D eigenvalue weighted by atomic mass is 79.9. The number of rotatable bonds is 6. The van der Waals surface area contributed by atoms with Gasteiger partial charge in [0, 0.05) is 10.5 Å². The van der Waals surface area contributed by atoms with E-state index >= 15 is 0 Å². The number of nitrogens with two attached hydrogens (primary N) is 1. The number of hydrogen-bond donors (Lipinski definition) is 1. The first-order chi connectivity index (χ1) is 8.02. The van der Waals surface area contributed by atoms with Crippen LogP contribution in [0.15, 0.2) is 29.3 Å².